The molecule has 2 saturated heterocycles. The highest BCUT2D eigenvalue weighted by atomic mass is 16.6. The van der Waals surface area contributed by atoms with Crippen LogP contribution in [0.4, 0.5) is 0 Å². The lowest BCUT2D eigenvalue weighted by Gasteiger charge is -2.27. The summed E-state index contributed by atoms with van der Waals surface area (Å²) >= 11 is 0. The highest BCUT2D eigenvalue weighted by molar-refractivity contribution is 5.97. The minimum atomic E-state index is -0.151. The van der Waals surface area contributed by atoms with Crippen LogP contribution in [0.1, 0.15) is 27.9 Å². The number of amides is 1. The minimum absolute atomic E-state index is 0.151. The lowest BCUT2D eigenvalue weighted by atomic mass is 10.0. The van der Waals surface area contributed by atoms with E-state index in [4.69, 9.17) is 4.63 Å². The second kappa shape index (κ2) is 8.42. The summed E-state index contributed by atoms with van der Waals surface area (Å²) in [4.78, 5) is 15.2. The van der Waals surface area contributed by atoms with E-state index in [0.29, 0.717) is 35.2 Å². The summed E-state index contributed by atoms with van der Waals surface area (Å²) in [5, 5.41) is 14.1. The topological polar surface area (TPSA) is 83.3 Å². The van der Waals surface area contributed by atoms with Gasteiger partial charge >= 0.3 is 0 Å². The van der Waals surface area contributed by atoms with Crippen molar-refractivity contribution < 1.29 is 9.42 Å². The zero-order valence-corrected chi connectivity index (χ0v) is 18.2. The normalized spacial score (nSPS) is 19.9. The Balaban J connectivity index is 1.13. The Hall–Kier alpha value is -3.55. The summed E-state index contributed by atoms with van der Waals surface area (Å²) in [6.45, 7) is 3.70. The van der Waals surface area contributed by atoms with Crippen molar-refractivity contribution in [1.29, 1.82) is 0 Å². The summed E-state index contributed by atoms with van der Waals surface area (Å²) in [7, 11) is 0. The van der Waals surface area contributed by atoms with Gasteiger partial charge in [-0.25, -0.2) is 4.63 Å². The van der Waals surface area contributed by atoms with Gasteiger partial charge in [0.1, 0.15) is 11.0 Å². The lowest BCUT2D eigenvalue weighted by Crippen LogP contribution is -2.42. The molecule has 166 valence electrons. The quantitative estimate of drug-likeness (QED) is 0.479. The molecule has 2 bridgehead atoms. The van der Waals surface area contributed by atoms with Gasteiger partial charge in [-0.2, -0.15) is 0 Å². The third-order valence-electron chi connectivity index (χ3n) is 6.71. The summed E-state index contributed by atoms with van der Waals surface area (Å²) in [6, 6.07) is 23.6. The first-order chi connectivity index (χ1) is 16.2. The highest BCUT2D eigenvalue weighted by Crippen LogP contribution is 2.27. The smallest absolute Gasteiger partial charge is 0.251 e. The van der Waals surface area contributed by atoms with Gasteiger partial charge < -0.3 is 10.6 Å². The second-order valence-corrected chi connectivity index (χ2v) is 8.98. The Morgan fingerprint density at radius 1 is 1.00 bits per heavy atom. The molecule has 2 aliphatic heterocycles. The number of likely N-dealkylation sites (tertiary alicyclic amines) is 1. The zero-order valence-electron chi connectivity index (χ0n) is 18.2. The van der Waals surface area contributed by atoms with Gasteiger partial charge in [0.05, 0.1) is 0 Å². The predicted molar refractivity (Wildman–Crippen MR) is 125 cm³/mol. The molecule has 2 atom stereocenters. The number of benzene rings is 3. The lowest BCUT2D eigenvalue weighted by molar-refractivity contribution is 0.0951. The molecule has 0 aliphatic carbocycles. The van der Waals surface area contributed by atoms with E-state index in [-0.39, 0.29) is 5.91 Å². The second-order valence-electron chi connectivity index (χ2n) is 8.98. The predicted octanol–water partition coefficient (Wildman–Crippen LogP) is 3.37. The van der Waals surface area contributed by atoms with Gasteiger partial charge in [-0.3, -0.25) is 9.69 Å². The third-order valence-corrected chi connectivity index (χ3v) is 6.71. The van der Waals surface area contributed by atoms with E-state index in [0.717, 1.165) is 30.8 Å². The van der Waals surface area contributed by atoms with Gasteiger partial charge in [0.25, 0.3) is 5.91 Å². The van der Waals surface area contributed by atoms with Crippen LogP contribution in [0.25, 0.3) is 22.2 Å². The van der Waals surface area contributed by atoms with Crippen LogP contribution < -0.4 is 10.6 Å². The van der Waals surface area contributed by atoms with Crippen molar-refractivity contribution in [2.75, 3.05) is 13.1 Å². The summed E-state index contributed by atoms with van der Waals surface area (Å²) in [5.74, 6) is -0.151. The molecule has 7 nitrogen and oxygen atoms in total. The van der Waals surface area contributed by atoms with E-state index in [1.54, 1.807) is 18.2 Å². The number of nitrogens with one attached hydrogen (secondary N) is 2. The van der Waals surface area contributed by atoms with Crippen molar-refractivity contribution in [3.63, 3.8) is 0 Å². The largest absolute Gasteiger partial charge is 0.348 e. The molecule has 1 aromatic heterocycles. The van der Waals surface area contributed by atoms with E-state index in [1.807, 2.05) is 12.1 Å². The third kappa shape index (κ3) is 4.13. The molecule has 2 fully saturated rings. The van der Waals surface area contributed by atoms with Crippen molar-refractivity contribution in [3.8, 4) is 11.1 Å². The molecule has 4 aromatic rings. The molecule has 3 aromatic carbocycles. The first-order valence-electron chi connectivity index (χ1n) is 11.4. The van der Waals surface area contributed by atoms with E-state index in [9.17, 15) is 4.79 Å². The van der Waals surface area contributed by atoms with Gasteiger partial charge in [-0.1, -0.05) is 36.4 Å². The van der Waals surface area contributed by atoms with Crippen LogP contribution in [0.5, 0.6) is 0 Å². The van der Waals surface area contributed by atoms with Crippen molar-refractivity contribution in [1.82, 2.24) is 25.8 Å². The van der Waals surface area contributed by atoms with Crippen LogP contribution >= 0.6 is 0 Å². The van der Waals surface area contributed by atoms with Crippen LogP contribution in [-0.4, -0.2) is 46.3 Å². The average Bonchev–Trinajstić information content (AvgIpc) is 3.60. The minimum Gasteiger partial charge on any atom is -0.348 e. The van der Waals surface area contributed by atoms with Gasteiger partial charge in [0, 0.05) is 43.8 Å². The number of fused-ring (bicyclic) bond motifs is 3. The molecule has 2 N–H and O–H groups in total. The Bertz CT molecular complexity index is 1320. The van der Waals surface area contributed by atoms with Crippen LogP contribution in [-0.2, 0) is 13.1 Å². The van der Waals surface area contributed by atoms with Crippen molar-refractivity contribution in [2.24, 2.45) is 0 Å². The molecule has 1 amide bonds. The molecular weight excluding hydrogens is 414 g/mol. The molecule has 2 aliphatic rings. The highest BCUT2D eigenvalue weighted by Gasteiger charge is 2.37. The standard InChI is InChI=1S/C26H25N5O2/c32-26(21-7-8-24-25(11-21)30-33-29-24)28-13-17-3-1-5-19(9-17)20-6-2-4-18(10-20)15-31-16-22-12-23(31)14-27-22/h1-11,22-23,27H,12-16H2,(H,28,32)/t22-,23+/m0/s1. The molecule has 6 rings (SSSR count). The fraction of sp³-hybridized carbons (Fsp3) is 0.269. The van der Waals surface area contributed by atoms with E-state index in [1.165, 1.54) is 17.5 Å². The Labute approximate surface area is 191 Å². The number of hydrogen-bond acceptors (Lipinski definition) is 6. The van der Waals surface area contributed by atoms with Crippen molar-refractivity contribution in [2.45, 2.75) is 31.6 Å². The van der Waals surface area contributed by atoms with Gasteiger partial charge in [0.15, 0.2) is 0 Å². The average molecular weight is 440 g/mol. The molecule has 0 spiro atoms. The molecule has 0 saturated carbocycles. The summed E-state index contributed by atoms with van der Waals surface area (Å²) < 4.78 is 4.71. The van der Waals surface area contributed by atoms with E-state index < -0.39 is 0 Å². The summed E-state index contributed by atoms with van der Waals surface area (Å²) in [6.07, 6.45) is 1.27. The number of nitrogens with zero attached hydrogens (tertiary/aromatic N) is 3. The van der Waals surface area contributed by atoms with Crippen LogP contribution in [0, 0.1) is 0 Å². The Morgan fingerprint density at radius 3 is 2.58 bits per heavy atom. The summed E-state index contributed by atoms with van der Waals surface area (Å²) in [5.41, 5.74) is 6.50. The fourth-order valence-electron chi connectivity index (χ4n) is 4.99. The Morgan fingerprint density at radius 2 is 1.79 bits per heavy atom. The maximum atomic E-state index is 12.6. The molecule has 33 heavy (non-hydrogen) atoms. The maximum absolute atomic E-state index is 12.6. The molecule has 7 heteroatoms. The fourth-order valence-corrected chi connectivity index (χ4v) is 4.99. The number of piperazine rings is 1. The number of aromatic nitrogens is 2. The van der Waals surface area contributed by atoms with E-state index in [2.05, 4.69) is 62.2 Å². The van der Waals surface area contributed by atoms with Gasteiger partial charge in [0.2, 0.25) is 0 Å². The Kier molecular flexibility index (Phi) is 5.13. The number of hydrogen-bond donors (Lipinski definition) is 2. The SMILES string of the molecule is O=C(NCc1cccc(-c2cccc(CN3C[C@@H]4C[C@@H]3CN4)c2)c1)c1ccc2nonc2c1. The molecule has 3 heterocycles. The van der Waals surface area contributed by atoms with Gasteiger partial charge in [-0.05, 0) is 69.3 Å². The molecule has 0 unspecified atom stereocenters. The van der Waals surface area contributed by atoms with Crippen molar-refractivity contribution >= 4 is 16.9 Å². The van der Waals surface area contributed by atoms with Crippen LogP contribution in [0.2, 0.25) is 0 Å². The van der Waals surface area contributed by atoms with E-state index >= 15 is 0 Å². The number of carbonyl (C=O) groups excluding carboxylic acids is 1. The molecule has 0 radical (unpaired) electrons. The van der Waals surface area contributed by atoms with Crippen molar-refractivity contribution in [3.05, 3.63) is 83.4 Å². The number of carbonyl (C=O) groups is 1. The maximum Gasteiger partial charge on any atom is 0.251 e. The van der Waals surface area contributed by atoms with Crippen LogP contribution in [0.15, 0.2) is 71.4 Å². The number of rotatable bonds is 6. The molecular formula is C26H25N5O2. The first kappa shape index (κ1) is 20.1. The monoisotopic (exact) mass is 439 g/mol. The van der Waals surface area contributed by atoms with Crippen LogP contribution in [0.3, 0.4) is 0 Å². The first-order valence-corrected chi connectivity index (χ1v) is 11.4. The van der Waals surface area contributed by atoms with Gasteiger partial charge in [-0.15, -0.1) is 0 Å². The zero-order chi connectivity index (χ0) is 22.2.